The summed E-state index contributed by atoms with van der Waals surface area (Å²) < 4.78 is 26.7. The van der Waals surface area contributed by atoms with Gasteiger partial charge in [0.2, 0.25) is 0 Å². The standard InChI is InChI=1S/C8H8O6S/c1-13-14-15(11,12)7-5-3-2-4-6(7)8(9)10/h2-5H,1H3,(H,9,10). The summed E-state index contributed by atoms with van der Waals surface area (Å²) in [4.78, 5) is 14.3. The molecule has 0 aliphatic heterocycles. The van der Waals surface area contributed by atoms with Crippen molar-refractivity contribution < 1.29 is 27.5 Å². The lowest BCUT2D eigenvalue weighted by Crippen LogP contribution is -2.11. The van der Waals surface area contributed by atoms with Crippen molar-refractivity contribution in [2.75, 3.05) is 7.11 Å². The monoisotopic (exact) mass is 232 g/mol. The van der Waals surface area contributed by atoms with Gasteiger partial charge < -0.3 is 5.11 Å². The van der Waals surface area contributed by atoms with Gasteiger partial charge in [0.25, 0.3) is 0 Å². The summed E-state index contributed by atoms with van der Waals surface area (Å²) in [7, 11) is -3.17. The van der Waals surface area contributed by atoms with Gasteiger partial charge in [0.05, 0.1) is 12.7 Å². The first-order valence-electron chi connectivity index (χ1n) is 3.78. The van der Waals surface area contributed by atoms with Gasteiger partial charge in [0.1, 0.15) is 4.90 Å². The molecular formula is C8H8O6S. The molecule has 0 saturated heterocycles. The van der Waals surface area contributed by atoms with Gasteiger partial charge in [-0.2, -0.15) is 8.42 Å². The molecule has 0 heterocycles. The first-order chi connectivity index (χ1) is 6.99. The van der Waals surface area contributed by atoms with E-state index in [9.17, 15) is 13.2 Å². The van der Waals surface area contributed by atoms with Crippen LogP contribution in [0.2, 0.25) is 0 Å². The average molecular weight is 232 g/mol. The predicted octanol–water partition coefficient (Wildman–Crippen LogP) is 0.652. The molecule has 1 aromatic rings. The Morgan fingerprint density at radius 1 is 1.33 bits per heavy atom. The molecule has 7 heteroatoms. The van der Waals surface area contributed by atoms with Gasteiger partial charge in [-0.3, -0.25) is 0 Å². The third-order valence-electron chi connectivity index (χ3n) is 1.54. The summed E-state index contributed by atoms with van der Waals surface area (Å²) in [5, 5.41) is 8.74. The van der Waals surface area contributed by atoms with E-state index >= 15 is 0 Å². The van der Waals surface area contributed by atoms with Crippen LogP contribution in [-0.4, -0.2) is 26.6 Å². The van der Waals surface area contributed by atoms with Crippen molar-refractivity contribution in [1.29, 1.82) is 0 Å². The highest BCUT2D eigenvalue weighted by atomic mass is 32.2. The second-order valence-electron chi connectivity index (χ2n) is 2.49. The Kier molecular flexibility index (Phi) is 3.40. The quantitative estimate of drug-likeness (QED) is 0.605. The van der Waals surface area contributed by atoms with E-state index in [0.29, 0.717) is 0 Å². The zero-order valence-corrected chi connectivity index (χ0v) is 8.52. The molecule has 0 radical (unpaired) electrons. The third kappa shape index (κ3) is 2.52. The van der Waals surface area contributed by atoms with Gasteiger partial charge in [-0.15, -0.1) is 4.33 Å². The van der Waals surface area contributed by atoms with E-state index in [1.165, 1.54) is 12.1 Å². The van der Waals surface area contributed by atoms with Crippen molar-refractivity contribution in [3.63, 3.8) is 0 Å². The largest absolute Gasteiger partial charge is 0.478 e. The van der Waals surface area contributed by atoms with Crippen LogP contribution in [0.1, 0.15) is 10.4 Å². The Labute approximate surface area is 86.1 Å². The molecule has 1 aromatic carbocycles. The zero-order valence-electron chi connectivity index (χ0n) is 7.71. The third-order valence-corrected chi connectivity index (χ3v) is 2.75. The van der Waals surface area contributed by atoms with E-state index in [1.54, 1.807) is 0 Å². The van der Waals surface area contributed by atoms with Crippen molar-refractivity contribution in [1.82, 2.24) is 0 Å². The van der Waals surface area contributed by atoms with Gasteiger partial charge in [-0.05, 0) is 12.1 Å². The highest BCUT2D eigenvalue weighted by Gasteiger charge is 2.23. The Hall–Kier alpha value is -1.44. The summed E-state index contributed by atoms with van der Waals surface area (Å²) in [6.07, 6.45) is 0. The molecule has 0 saturated carbocycles. The number of rotatable bonds is 4. The first-order valence-corrected chi connectivity index (χ1v) is 5.19. The van der Waals surface area contributed by atoms with Gasteiger partial charge in [0.15, 0.2) is 0 Å². The molecule has 0 atom stereocenters. The summed E-state index contributed by atoms with van der Waals surface area (Å²) in [6.45, 7) is 0. The number of hydrogen-bond acceptors (Lipinski definition) is 5. The average Bonchev–Trinajstić information content (AvgIpc) is 2.17. The maximum atomic E-state index is 11.3. The molecule has 0 aromatic heterocycles. The summed E-state index contributed by atoms with van der Waals surface area (Å²) in [5.41, 5.74) is -0.366. The number of carboxylic acid groups (broad SMARTS) is 1. The Morgan fingerprint density at radius 2 is 1.93 bits per heavy atom. The van der Waals surface area contributed by atoms with Crippen molar-refractivity contribution in [2.45, 2.75) is 4.90 Å². The van der Waals surface area contributed by atoms with Crippen LogP contribution < -0.4 is 0 Å². The molecule has 0 spiro atoms. The minimum atomic E-state index is -4.19. The van der Waals surface area contributed by atoms with Crippen LogP contribution in [0.4, 0.5) is 0 Å². The van der Waals surface area contributed by atoms with Crippen LogP contribution in [-0.2, 0) is 19.3 Å². The van der Waals surface area contributed by atoms with Crippen LogP contribution in [0, 0.1) is 0 Å². The van der Waals surface area contributed by atoms with Crippen molar-refractivity contribution in [2.24, 2.45) is 0 Å². The van der Waals surface area contributed by atoms with Crippen LogP contribution in [0.15, 0.2) is 29.2 Å². The first kappa shape index (κ1) is 11.6. The summed E-state index contributed by atoms with van der Waals surface area (Å²) >= 11 is 0. The number of benzene rings is 1. The van der Waals surface area contributed by atoms with Crippen LogP contribution in [0.3, 0.4) is 0 Å². The Balaban J connectivity index is 3.31. The highest BCUT2D eigenvalue weighted by Crippen LogP contribution is 2.17. The van der Waals surface area contributed by atoms with Crippen molar-refractivity contribution in [3.05, 3.63) is 29.8 Å². The number of aromatic carboxylic acids is 1. The molecule has 1 rings (SSSR count). The smallest absolute Gasteiger partial charge is 0.337 e. The number of carbonyl (C=O) groups is 1. The maximum absolute atomic E-state index is 11.3. The van der Waals surface area contributed by atoms with E-state index in [-0.39, 0.29) is 5.56 Å². The minimum Gasteiger partial charge on any atom is -0.478 e. The van der Waals surface area contributed by atoms with Gasteiger partial charge in [-0.25, -0.2) is 9.68 Å². The van der Waals surface area contributed by atoms with E-state index < -0.39 is 21.0 Å². The molecule has 0 aliphatic rings. The van der Waals surface area contributed by atoms with Gasteiger partial charge >= 0.3 is 16.1 Å². The number of hydrogen-bond donors (Lipinski definition) is 1. The number of carboxylic acids is 1. The van der Waals surface area contributed by atoms with E-state index in [0.717, 1.165) is 19.2 Å². The topological polar surface area (TPSA) is 89.9 Å². The van der Waals surface area contributed by atoms with E-state index in [4.69, 9.17) is 5.11 Å². The fourth-order valence-corrected chi connectivity index (χ4v) is 1.91. The normalized spacial score (nSPS) is 11.3. The molecule has 6 nitrogen and oxygen atoms in total. The molecule has 0 bridgehead atoms. The molecule has 0 fully saturated rings. The van der Waals surface area contributed by atoms with Gasteiger partial charge in [0, 0.05) is 0 Å². The Bertz CT molecular complexity index is 464. The molecule has 82 valence electrons. The van der Waals surface area contributed by atoms with Crippen LogP contribution in [0.5, 0.6) is 0 Å². The zero-order chi connectivity index (χ0) is 11.5. The summed E-state index contributed by atoms with van der Waals surface area (Å²) in [6, 6.07) is 5.08. The van der Waals surface area contributed by atoms with Crippen molar-refractivity contribution >= 4 is 16.1 Å². The van der Waals surface area contributed by atoms with Crippen LogP contribution >= 0.6 is 0 Å². The molecule has 0 amide bonds. The van der Waals surface area contributed by atoms with Crippen LogP contribution in [0.25, 0.3) is 0 Å². The van der Waals surface area contributed by atoms with Crippen molar-refractivity contribution in [3.8, 4) is 0 Å². The summed E-state index contributed by atoms with van der Waals surface area (Å²) in [5.74, 6) is -1.35. The second kappa shape index (κ2) is 4.39. The highest BCUT2D eigenvalue weighted by molar-refractivity contribution is 7.86. The van der Waals surface area contributed by atoms with Gasteiger partial charge in [-0.1, -0.05) is 12.1 Å². The molecule has 15 heavy (non-hydrogen) atoms. The molecular weight excluding hydrogens is 224 g/mol. The fraction of sp³-hybridized carbons (Fsp3) is 0.125. The van der Waals surface area contributed by atoms with E-state index in [2.05, 4.69) is 9.22 Å². The fourth-order valence-electron chi connectivity index (χ4n) is 0.988. The lowest BCUT2D eigenvalue weighted by molar-refractivity contribution is -0.172. The molecule has 0 unspecified atom stereocenters. The molecule has 1 N–H and O–H groups in total. The second-order valence-corrected chi connectivity index (χ2v) is 3.97. The maximum Gasteiger partial charge on any atom is 0.337 e. The predicted molar refractivity (Wildman–Crippen MR) is 48.7 cm³/mol. The SMILES string of the molecule is COOS(=O)(=O)c1ccccc1C(=O)O. The molecule has 0 aliphatic carbocycles. The lowest BCUT2D eigenvalue weighted by Gasteiger charge is -2.04. The minimum absolute atomic E-state index is 0.366. The lowest BCUT2D eigenvalue weighted by atomic mass is 10.2. The van der Waals surface area contributed by atoms with E-state index in [1.807, 2.05) is 0 Å². The Morgan fingerprint density at radius 3 is 2.47 bits per heavy atom.